The number of amides is 1. The Labute approximate surface area is 153 Å². The average Bonchev–Trinajstić information content (AvgIpc) is 3.34. The van der Waals surface area contributed by atoms with Gasteiger partial charge in [-0.3, -0.25) is 4.79 Å². The van der Waals surface area contributed by atoms with Crippen molar-refractivity contribution in [1.29, 1.82) is 0 Å². The maximum atomic E-state index is 12.8. The molecule has 136 valence electrons. The first-order valence-electron chi connectivity index (χ1n) is 9.42. The predicted octanol–water partition coefficient (Wildman–Crippen LogP) is 4.46. The highest BCUT2D eigenvalue weighted by Gasteiger charge is 2.33. The minimum Gasteiger partial charge on any atom is -0.361 e. The Morgan fingerprint density at radius 1 is 1.35 bits per heavy atom. The van der Waals surface area contributed by atoms with Crippen LogP contribution >= 0.6 is 0 Å². The molecule has 3 heterocycles. The third-order valence-corrected chi connectivity index (χ3v) is 5.51. The topological polar surface area (TPSA) is 62.1 Å². The Bertz CT molecular complexity index is 905. The number of hydrogen-bond acceptors (Lipinski definition) is 3. The van der Waals surface area contributed by atoms with Crippen molar-refractivity contribution in [2.75, 3.05) is 6.54 Å². The van der Waals surface area contributed by atoms with Crippen LogP contribution in [0.25, 0.3) is 10.9 Å². The number of H-pyrrole nitrogens is 1. The van der Waals surface area contributed by atoms with E-state index in [9.17, 15) is 4.79 Å². The van der Waals surface area contributed by atoms with E-state index in [1.807, 2.05) is 24.8 Å². The highest BCUT2D eigenvalue weighted by Crippen LogP contribution is 2.36. The van der Waals surface area contributed by atoms with Crippen LogP contribution in [0.15, 0.2) is 35.0 Å². The summed E-state index contributed by atoms with van der Waals surface area (Å²) in [6.45, 7) is 4.73. The molecule has 4 rings (SSSR count). The number of fused-ring (bicyclic) bond motifs is 1. The number of aromatic nitrogens is 2. The van der Waals surface area contributed by atoms with Crippen LogP contribution < -0.4 is 0 Å². The zero-order valence-electron chi connectivity index (χ0n) is 15.4. The van der Waals surface area contributed by atoms with Crippen LogP contribution in [-0.2, 0) is 11.2 Å². The lowest BCUT2D eigenvalue weighted by atomic mass is 10.0. The minimum atomic E-state index is 0.127. The van der Waals surface area contributed by atoms with E-state index in [0.29, 0.717) is 6.42 Å². The van der Waals surface area contributed by atoms with Crippen molar-refractivity contribution in [3.8, 4) is 0 Å². The summed E-state index contributed by atoms with van der Waals surface area (Å²) >= 11 is 0. The average molecular weight is 351 g/mol. The van der Waals surface area contributed by atoms with Crippen molar-refractivity contribution >= 4 is 16.8 Å². The van der Waals surface area contributed by atoms with Gasteiger partial charge in [0.05, 0.1) is 11.7 Å². The van der Waals surface area contributed by atoms with Crippen LogP contribution in [0.5, 0.6) is 0 Å². The normalized spacial score (nSPS) is 17.3. The van der Waals surface area contributed by atoms with Crippen molar-refractivity contribution in [2.45, 2.75) is 52.0 Å². The Kier molecular flexibility index (Phi) is 4.53. The maximum Gasteiger partial charge on any atom is 0.223 e. The number of benzene rings is 1. The minimum absolute atomic E-state index is 0.127. The van der Waals surface area contributed by atoms with Crippen LogP contribution in [0.1, 0.15) is 54.3 Å². The fraction of sp³-hybridized carbons (Fsp3) is 0.429. The highest BCUT2D eigenvalue weighted by atomic mass is 16.5. The molecule has 26 heavy (non-hydrogen) atoms. The summed E-state index contributed by atoms with van der Waals surface area (Å²) in [6.07, 6.45) is 6.47. The van der Waals surface area contributed by atoms with Gasteiger partial charge in [-0.2, -0.15) is 0 Å². The number of nitrogens with zero attached hydrogens (tertiary/aromatic N) is 2. The molecule has 2 aromatic heterocycles. The molecule has 1 aromatic carbocycles. The van der Waals surface area contributed by atoms with E-state index in [2.05, 4.69) is 34.5 Å². The zero-order chi connectivity index (χ0) is 18.1. The molecule has 0 unspecified atom stereocenters. The van der Waals surface area contributed by atoms with Gasteiger partial charge < -0.3 is 14.4 Å². The molecule has 1 aliphatic rings. The monoisotopic (exact) mass is 351 g/mol. The molecule has 1 aliphatic heterocycles. The van der Waals surface area contributed by atoms with E-state index >= 15 is 0 Å². The quantitative estimate of drug-likeness (QED) is 0.738. The largest absolute Gasteiger partial charge is 0.361 e. The molecule has 1 N–H and O–H groups in total. The molecule has 0 spiro atoms. The molecule has 0 radical (unpaired) electrons. The molecule has 0 saturated carbocycles. The number of aromatic amines is 1. The Balaban J connectivity index is 1.40. The van der Waals surface area contributed by atoms with Crippen LogP contribution in [0, 0.1) is 13.8 Å². The summed E-state index contributed by atoms with van der Waals surface area (Å²) < 4.78 is 5.32. The summed E-state index contributed by atoms with van der Waals surface area (Å²) in [5.41, 5.74) is 4.46. The molecule has 5 nitrogen and oxygen atoms in total. The SMILES string of the molecule is Cc1noc(C)c1[C@H]1CCCN1C(=O)CCCc1c[nH]c2ccccc12. The third-order valence-electron chi connectivity index (χ3n) is 5.51. The number of carbonyl (C=O) groups is 1. The van der Waals surface area contributed by atoms with E-state index in [4.69, 9.17) is 4.52 Å². The number of likely N-dealkylation sites (tertiary alicyclic amines) is 1. The van der Waals surface area contributed by atoms with Gasteiger partial charge in [0.2, 0.25) is 5.91 Å². The number of aryl methyl sites for hydroxylation is 3. The van der Waals surface area contributed by atoms with Gasteiger partial charge in [-0.25, -0.2) is 0 Å². The van der Waals surface area contributed by atoms with Gasteiger partial charge in [-0.05, 0) is 51.2 Å². The summed E-state index contributed by atoms with van der Waals surface area (Å²) in [6, 6.07) is 8.44. The lowest BCUT2D eigenvalue weighted by Gasteiger charge is -2.24. The number of hydrogen-bond donors (Lipinski definition) is 1. The second-order valence-electron chi connectivity index (χ2n) is 7.20. The van der Waals surface area contributed by atoms with Gasteiger partial charge in [0.15, 0.2) is 0 Å². The van der Waals surface area contributed by atoms with E-state index < -0.39 is 0 Å². The van der Waals surface area contributed by atoms with Crippen molar-refractivity contribution < 1.29 is 9.32 Å². The van der Waals surface area contributed by atoms with Crippen LogP contribution in [0.4, 0.5) is 0 Å². The van der Waals surface area contributed by atoms with E-state index in [1.165, 1.54) is 10.9 Å². The highest BCUT2D eigenvalue weighted by molar-refractivity contribution is 5.83. The molecule has 1 saturated heterocycles. The summed E-state index contributed by atoms with van der Waals surface area (Å²) in [4.78, 5) is 18.2. The Morgan fingerprint density at radius 3 is 3.00 bits per heavy atom. The molecule has 1 atom stereocenters. The van der Waals surface area contributed by atoms with Gasteiger partial charge in [-0.15, -0.1) is 0 Å². The maximum absolute atomic E-state index is 12.8. The van der Waals surface area contributed by atoms with Gasteiger partial charge in [0.25, 0.3) is 0 Å². The second-order valence-corrected chi connectivity index (χ2v) is 7.20. The summed E-state index contributed by atoms with van der Waals surface area (Å²) in [5.74, 6) is 1.08. The van der Waals surface area contributed by atoms with Gasteiger partial charge in [0.1, 0.15) is 5.76 Å². The number of nitrogens with one attached hydrogen (secondary N) is 1. The molecule has 0 bridgehead atoms. The molecular formula is C21H25N3O2. The zero-order valence-corrected chi connectivity index (χ0v) is 15.4. The van der Waals surface area contributed by atoms with Crippen molar-refractivity contribution in [1.82, 2.24) is 15.0 Å². The van der Waals surface area contributed by atoms with Crippen LogP contribution in [0.2, 0.25) is 0 Å². The van der Waals surface area contributed by atoms with E-state index in [1.54, 1.807) is 0 Å². The second kappa shape index (κ2) is 6.98. The number of para-hydroxylation sites is 1. The summed E-state index contributed by atoms with van der Waals surface area (Å²) in [7, 11) is 0. The third kappa shape index (κ3) is 3.02. The molecule has 5 heteroatoms. The number of carbonyl (C=O) groups excluding carboxylic acids is 1. The van der Waals surface area contributed by atoms with Gasteiger partial charge >= 0.3 is 0 Å². The van der Waals surface area contributed by atoms with Gasteiger partial charge in [-0.1, -0.05) is 23.4 Å². The molecule has 1 fully saturated rings. The van der Waals surface area contributed by atoms with Crippen molar-refractivity contribution in [3.05, 3.63) is 53.0 Å². The van der Waals surface area contributed by atoms with Crippen molar-refractivity contribution in [3.63, 3.8) is 0 Å². The predicted molar refractivity (Wildman–Crippen MR) is 101 cm³/mol. The first-order chi connectivity index (χ1) is 12.6. The summed E-state index contributed by atoms with van der Waals surface area (Å²) in [5, 5.41) is 5.32. The Morgan fingerprint density at radius 2 is 2.19 bits per heavy atom. The van der Waals surface area contributed by atoms with E-state index in [0.717, 1.165) is 54.8 Å². The molecule has 1 amide bonds. The molecule has 3 aromatic rings. The van der Waals surface area contributed by atoms with Crippen molar-refractivity contribution in [2.24, 2.45) is 0 Å². The van der Waals surface area contributed by atoms with Crippen LogP contribution in [-0.4, -0.2) is 27.5 Å². The van der Waals surface area contributed by atoms with Gasteiger partial charge in [0, 0.05) is 35.6 Å². The standard InChI is InChI=1S/C21H25N3O2/c1-14-21(15(2)26-23-14)19-10-6-12-24(19)20(25)11-5-7-16-13-22-18-9-4-3-8-17(16)18/h3-4,8-9,13,19,22H,5-7,10-12H2,1-2H3/t19-/m1/s1. The lowest BCUT2D eigenvalue weighted by Crippen LogP contribution is -2.30. The van der Waals surface area contributed by atoms with E-state index in [-0.39, 0.29) is 11.9 Å². The molecular weight excluding hydrogens is 326 g/mol. The fourth-order valence-corrected chi connectivity index (χ4v) is 4.24. The fourth-order valence-electron chi connectivity index (χ4n) is 4.24. The number of rotatable bonds is 5. The first-order valence-corrected chi connectivity index (χ1v) is 9.42. The smallest absolute Gasteiger partial charge is 0.223 e. The lowest BCUT2D eigenvalue weighted by molar-refractivity contribution is -0.132. The Hall–Kier alpha value is -2.56. The van der Waals surface area contributed by atoms with Crippen LogP contribution in [0.3, 0.4) is 0 Å². The first kappa shape index (κ1) is 16.9. The molecule has 0 aliphatic carbocycles.